The molecule has 3 atom stereocenters. The van der Waals surface area contributed by atoms with Crippen LogP contribution < -0.4 is 4.74 Å². The van der Waals surface area contributed by atoms with Crippen molar-refractivity contribution in [1.82, 2.24) is 9.88 Å². The molecule has 1 aromatic heterocycles. The number of fused-ring (bicyclic) bond motifs is 1. The summed E-state index contributed by atoms with van der Waals surface area (Å²) in [6, 6.07) is 7.36. The van der Waals surface area contributed by atoms with Crippen LogP contribution in [0, 0.1) is 11.8 Å². The Kier molecular flexibility index (Phi) is 10.3. The first-order valence-corrected chi connectivity index (χ1v) is 14.7. The van der Waals surface area contributed by atoms with Crippen LogP contribution in [0.2, 0.25) is 0 Å². The van der Waals surface area contributed by atoms with E-state index in [0.29, 0.717) is 36.0 Å². The van der Waals surface area contributed by atoms with Gasteiger partial charge in [-0.15, -0.1) is 0 Å². The van der Waals surface area contributed by atoms with E-state index in [0.717, 1.165) is 54.4 Å². The molecule has 1 aliphatic heterocycles. The molecule has 1 saturated carbocycles. The molecule has 1 aliphatic carbocycles. The molecule has 2 fully saturated rings. The van der Waals surface area contributed by atoms with Crippen molar-refractivity contribution in [3.05, 3.63) is 36.0 Å². The number of carbonyl (C=O) groups is 1. The van der Waals surface area contributed by atoms with Crippen LogP contribution in [0.1, 0.15) is 75.9 Å². The highest BCUT2D eigenvalue weighted by Crippen LogP contribution is 2.37. The molecule has 1 saturated heterocycles. The Labute approximate surface area is 219 Å². The Hall–Kier alpha value is -1.86. The standard InChI is InChI=1S/C29H41FN2O3S/c1-35-23-9-11-28-26(19-23)25(13-15-31-28)27(30)10-7-21-14-16-32(20-22(21)8-12-29(33)34)17-18-36-24-5-3-2-4-6-24/h9,11,13,15,19,21-22,24,27H,2-8,10,12,14,16-18,20H2,1H3,(H,33,34)/t21-,22-,27-/m1/s1. The summed E-state index contributed by atoms with van der Waals surface area (Å²) >= 11 is 2.13. The number of thioether (sulfide) groups is 1. The lowest BCUT2D eigenvalue weighted by atomic mass is 9.79. The summed E-state index contributed by atoms with van der Waals surface area (Å²) in [4.78, 5) is 18.2. The van der Waals surface area contributed by atoms with Gasteiger partial charge in [0.1, 0.15) is 11.9 Å². The van der Waals surface area contributed by atoms with Crippen molar-refractivity contribution >= 4 is 28.6 Å². The van der Waals surface area contributed by atoms with Crippen molar-refractivity contribution < 1.29 is 19.0 Å². The number of pyridine rings is 1. The van der Waals surface area contributed by atoms with Gasteiger partial charge >= 0.3 is 5.97 Å². The summed E-state index contributed by atoms with van der Waals surface area (Å²) in [5.41, 5.74) is 1.44. The van der Waals surface area contributed by atoms with Gasteiger partial charge < -0.3 is 14.7 Å². The predicted octanol–water partition coefficient (Wildman–Crippen LogP) is 6.90. The molecule has 198 valence electrons. The van der Waals surface area contributed by atoms with Gasteiger partial charge in [-0.25, -0.2) is 4.39 Å². The number of aromatic nitrogens is 1. The highest BCUT2D eigenvalue weighted by Gasteiger charge is 2.30. The number of carboxylic acid groups (broad SMARTS) is 1. The topological polar surface area (TPSA) is 62.7 Å². The van der Waals surface area contributed by atoms with Crippen LogP contribution in [-0.4, -0.2) is 58.7 Å². The fraction of sp³-hybridized carbons (Fsp3) is 0.655. The van der Waals surface area contributed by atoms with Gasteiger partial charge in [0.15, 0.2) is 0 Å². The van der Waals surface area contributed by atoms with Crippen molar-refractivity contribution in [1.29, 1.82) is 0 Å². The van der Waals surface area contributed by atoms with Crippen molar-refractivity contribution in [3.8, 4) is 5.75 Å². The van der Waals surface area contributed by atoms with Crippen LogP contribution in [0.25, 0.3) is 10.9 Å². The second-order valence-electron chi connectivity index (χ2n) is 10.5. The molecule has 5 nitrogen and oxygen atoms in total. The van der Waals surface area contributed by atoms with Gasteiger partial charge in [0.25, 0.3) is 0 Å². The molecule has 36 heavy (non-hydrogen) atoms. The SMILES string of the molecule is COc1ccc2nccc([C@H](F)CC[C@@H]3CCN(CCSC4CCCCC4)C[C@H]3CCC(=O)O)c2c1. The average Bonchev–Trinajstić information content (AvgIpc) is 2.91. The van der Waals surface area contributed by atoms with E-state index < -0.39 is 12.1 Å². The van der Waals surface area contributed by atoms with Crippen molar-refractivity contribution in [2.75, 3.05) is 32.5 Å². The quantitative estimate of drug-likeness (QED) is 0.331. The van der Waals surface area contributed by atoms with Gasteiger partial charge in [0.2, 0.25) is 0 Å². The molecule has 1 aromatic carbocycles. The Morgan fingerprint density at radius 1 is 1.19 bits per heavy atom. The van der Waals surface area contributed by atoms with Crippen LogP contribution in [0.3, 0.4) is 0 Å². The van der Waals surface area contributed by atoms with Gasteiger partial charge in [0, 0.05) is 42.1 Å². The number of benzene rings is 1. The van der Waals surface area contributed by atoms with Crippen LogP contribution >= 0.6 is 11.8 Å². The maximum Gasteiger partial charge on any atom is 0.303 e. The monoisotopic (exact) mass is 516 g/mol. The van der Waals surface area contributed by atoms with Crippen molar-refractivity contribution in [2.45, 2.75) is 75.6 Å². The Bertz CT molecular complexity index is 984. The van der Waals surface area contributed by atoms with Crippen molar-refractivity contribution in [3.63, 3.8) is 0 Å². The zero-order valence-corrected chi connectivity index (χ0v) is 22.4. The summed E-state index contributed by atoms with van der Waals surface area (Å²) in [5.74, 6) is 1.81. The molecular weight excluding hydrogens is 475 g/mol. The first-order chi connectivity index (χ1) is 17.5. The number of likely N-dealkylation sites (tertiary alicyclic amines) is 1. The summed E-state index contributed by atoms with van der Waals surface area (Å²) < 4.78 is 20.9. The fourth-order valence-electron chi connectivity index (χ4n) is 6.02. The van der Waals surface area contributed by atoms with E-state index in [1.165, 1.54) is 32.1 Å². The number of hydrogen-bond acceptors (Lipinski definition) is 5. The molecule has 7 heteroatoms. The molecule has 4 rings (SSSR count). The second kappa shape index (κ2) is 13.6. The number of nitrogens with zero attached hydrogens (tertiary/aromatic N) is 2. The van der Waals surface area contributed by atoms with E-state index in [2.05, 4.69) is 21.6 Å². The van der Waals surface area contributed by atoms with Crippen LogP contribution in [0.15, 0.2) is 30.5 Å². The average molecular weight is 517 g/mol. The first kappa shape index (κ1) is 27.2. The van der Waals surface area contributed by atoms with Gasteiger partial charge in [-0.2, -0.15) is 11.8 Å². The van der Waals surface area contributed by atoms with E-state index in [4.69, 9.17) is 4.74 Å². The third-order valence-electron chi connectivity index (χ3n) is 8.13. The predicted molar refractivity (Wildman–Crippen MR) is 146 cm³/mol. The molecule has 1 N–H and O–H groups in total. The minimum atomic E-state index is -1.08. The molecule has 0 bridgehead atoms. The maximum atomic E-state index is 15.5. The second-order valence-corrected chi connectivity index (χ2v) is 11.9. The summed E-state index contributed by atoms with van der Waals surface area (Å²) in [5, 5.41) is 10.9. The van der Waals surface area contributed by atoms with Gasteiger partial charge in [-0.3, -0.25) is 9.78 Å². The normalized spacial score (nSPS) is 22.5. The van der Waals surface area contributed by atoms with Crippen LogP contribution in [0.5, 0.6) is 5.75 Å². The van der Waals surface area contributed by atoms with Gasteiger partial charge in [0.05, 0.1) is 12.6 Å². The van der Waals surface area contributed by atoms with Gasteiger partial charge in [-0.05, 0) is 86.7 Å². The Morgan fingerprint density at radius 2 is 2.03 bits per heavy atom. The minimum Gasteiger partial charge on any atom is -0.497 e. The Balaban J connectivity index is 1.33. The largest absolute Gasteiger partial charge is 0.497 e. The number of alkyl halides is 1. The molecule has 2 aliphatic rings. The van der Waals surface area contributed by atoms with Crippen LogP contribution in [-0.2, 0) is 4.79 Å². The third-order valence-corrected chi connectivity index (χ3v) is 9.49. The van der Waals surface area contributed by atoms with E-state index in [9.17, 15) is 9.90 Å². The van der Waals surface area contributed by atoms with E-state index in [-0.39, 0.29) is 6.42 Å². The third kappa shape index (κ3) is 7.58. The molecular formula is C29H41FN2O3S. The van der Waals surface area contributed by atoms with E-state index >= 15 is 4.39 Å². The lowest BCUT2D eigenvalue weighted by Crippen LogP contribution is -2.42. The first-order valence-electron chi connectivity index (χ1n) is 13.7. The number of methoxy groups -OCH3 is 1. The molecule has 0 spiro atoms. The lowest BCUT2D eigenvalue weighted by molar-refractivity contribution is -0.137. The summed E-state index contributed by atoms with van der Waals surface area (Å²) in [6.07, 6.45) is 10.6. The highest BCUT2D eigenvalue weighted by molar-refractivity contribution is 7.99. The number of ether oxygens (including phenoxy) is 1. The molecule has 2 aromatic rings. The summed E-state index contributed by atoms with van der Waals surface area (Å²) in [6.45, 7) is 3.05. The molecule has 0 amide bonds. The minimum absolute atomic E-state index is 0.194. The number of rotatable bonds is 12. The molecule has 0 radical (unpaired) electrons. The smallest absolute Gasteiger partial charge is 0.303 e. The number of aliphatic carboxylic acids is 1. The maximum absolute atomic E-state index is 15.5. The number of carboxylic acids is 1. The highest BCUT2D eigenvalue weighted by atomic mass is 32.2. The van der Waals surface area contributed by atoms with E-state index in [1.54, 1.807) is 19.4 Å². The molecule has 0 unspecified atom stereocenters. The van der Waals surface area contributed by atoms with Crippen molar-refractivity contribution in [2.24, 2.45) is 11.8 Å². The molecule has 2 heterocycles. The number of halogens is 1. The van der Waals surface area contributed by atoms with E-state index in [1.807, 2.05) is 18.2 Å². The summed E-state index contributed by atoms with van der Waals surface area (Å²) in [7, 11) is 1.61. The van der Waals surface area contributed by atoms with Crippen LogP contribution in [0.4, 0.5) is 4.39 Å². The zero-order chi connectivity index (χ0) is 25.3. The zero-order valence-electron chi connectivity index (χ0n) is 21.5. The lowest BCUT2D eigenvalue weighted by Gasteiger charge is -2.39. The number of piperidine rings is 1. The Morgan fingerprint density at radius 3 is 2.81 bits per heavy atom. The number of hydrogen-bond donors (Lipinski definition) is 1. The fourth-order valence-corrected chi connectivity index (χ4v) is 7.38. The van der Waals surface area contributed by atoms with Gasteiger partial charge in [-0.1, -0.05) is 19.3 Å².